The van der Waals surface area contributed by atoms with Crippen LogP contribution >= 0.6 is 0 Å². The Bertz CT molecular complexity index is 620. The predicted octanol–water partition coefficient (Wildman–Crippen LogP) is 2.29. The van der Waals surface area contributed by atoms with E-state index >= 15 is 0 Å². The third-order valence-electron chi connectivity index (χ3n) is 3.09. The van der Waals surface area contributed by atoms with Gasteiger partial charge in [-0.05, 0) is 12.0 Å². The summed E-state index contributed by atoms with van der Waals surface area (Å²) in [5, 5.41) is 11.9. The number of hydrogen-bond donors (Lipinski definition) is 2. The van der Waals surface area contributed by atoms with Gasteiger partial charge in [-0.15, -0.1) is 0 Å². The number of carboxylic acid groups (broad SMARTS) is 1. The number of nitrogens with one attached hydrogen (secondary N) is 1. The molecule has 0 unspecified atom stereocenters. The number of hydrogen-bond acceptors (Lipinski definition) is 4. The van der Waals surface area contributed by atoms with Gasteiger partial charge in [0.2, 0.25) is 0 Å². The summed E-state index contributed by atoms with van der Waals surface area (Å²) in [6.07, 6.45) is 1.88. The van der Waals surface area contributed by atoms with Crippen LogP contribution in [0.5, 0.6) is 0 Å². The van der Waals surface area contributed by atoms with Gasteiger partial charge in [-0.25, -0.2) is 19.2 Å². The molecule has 0 aliphatic heterocycles. The second-order valence-corrected chi connectivity index (χ2v) is 4.56. The highest BCUT2D eigenvalue weighted by Crippen LogP contribution is 2.16. The maximum atomic E-state index is 14.1. The van der Waals surface area contributed by atoms with Crippen LogP contribution in [0.4, 0.5) is 10.2 Å². The van der Waals surface area contributed by atoms with Crippen molar-refractivity contribution in [1.29, 1.82) is 0 Å². The van der Waals surface area contributed by atoms with Gasteiger partial charge in [0.05, 0.1) is 5.69 Å². The number of anilines is 1. The Labute approximate surface area is 121 Å². The number of rotatable bonds is 6. The van der Waals surface area contributed by atoms with E-state index in [0.717, 1.165) is 5.56 Å². The van der Waals surface area contributed by atoms with Crippen LogP contribution in [0, 0.1) is 5.82 Å². The summed E-state index contributed by atoms with van der Waals surface area (Å²) in [6.45, 7) is 1.77. The van der Waals surface area contributed by atoms with E-state index in [2.05, 4.69) is 15.3 Å². The maximum absolute atomic E-state index is 14.1. The molecular formula is C15H16FN3O2. The number of aryl methyl sites for hydroxylation is 1. The minimum Gasteiger partial charge on any atom is -0.480 e. The van der Waals surface area contributed by atoms with Crippen molar-refractivity contribution in [2.45, 2.75) is 25.8 Å². The Morgan fingerprint density at radius 2 is 2.05 bits per heavy atom. The monoisotopic (exact) mass is 289 g/mol. The van der Waals surface area contributed by atoms with Crippen molar-refractivity contribution in [2.24, 2.45) is 0 Å². The van der Waals surface area contributed by atoms with Gasteiger partial charge in [0.15, 0.2) is 11.6 Å². The van der Waals surface area contributed by atoms with E-state index in [9.17, 15) is 14.3 Å². The Hall–Kier alpha value is -2.50. The van der Waals surface area contributed by atoms with E-state index in [0.29, 0.717) is 6.42 Å². The second kappa shape index (κ2) is 6.78. The molecule has 0 aliphatic rings. The highest BCUT2D eigenvalue weighted by Gasteiger charge is 2.21. The summed E-state index contributed by atoms with van der Waals surface area (Å²) in [7, 11) is 0. The van der Waals surface area contributed by atoms with E-state index in [4.69, 9.17) is 0 Å². The summed E-state index contributed by atoms with van der Waals surface area (Å²) in [5.74, 6) is -1.74. The molecule has 2 aromatic rings. The van der Waals surface area contributed by atoms with Crippen LogP contribution in [-0.4, -0.2) is 27.1 Å². The fourth-order valence-electron chi connectivity index (χ4n) is 1.97. The van der Waals surface area contributed by atoms with Gasteiger partial charge in [0.1, 0.15) is 12.4 Å². The van der Waals surface area contributed by atoms with E-state index in [1.165, 1.54) is 6.33 Å². The Kier molecular flexibility index (Phi) is 4.81. The van der Waals surface area contributed by atoms with Gasteiger partial charge in [0.25, 0.3) is 0 Å². The normalized spacial score (nSPS) is 11.9. The molecule has 0 radical (unpaired) electrons. The molecule has 1 aromatic heterocycles. The van der Waals surface area contributed by atoms with E-state index < -0.39 is 17.8 Å². The lowest BCUT2D eigenvalue weighted by Crippen LogP contribution is -2.32. The van der Waals surface area contributed by atoms with Gasteiger partial charge in [0, 0.05) is 6.42 Å². The first-order valence-electron chi connectivity index (χ1n) is 6.64. The summed E-state index contributed by atoms with van der Waals surface area (Å²) >= 11 is 0. The molecule has 110 valence electrons. The Morgan fingerprint density at radius 1 is 1.33 bits per heavy atom. The largest absolute Gasteiger partial charge is 0.480 e. The molecule has 0 aliphatic carbocycles. The Morgan fingerprint density at radius 3 is 2.67 bits per heavy atom. The minimum atomic E-state index is -1.06. The fraction of sp³-hybridized carbons (Fsp3) is 0.267. The SMILES string of the molecule is CCc1ncnc(N[C@@H](Cc2ccccc2)C(=O)O)c1F. The first kappa shape index (κ1) is 14.9. The zero-order valence-electron chi connectivity index (χ0n) is 11.6. The number of benzene rings is 1. The number of nitrogens with zero attached hydrogens (tertiary/aromatic N) is 2. The quantitative estimate of drug-likeness (QED) is 0.853. The molecule has 6 heteroatoms. The molecular weight excluding hydrogens is 273 g/mol. The summed E-state index contributed by atoms with van der Waals surface area (Å²) < 4.78 is 14.1. The maximum Gasteiger partial charge on any atom is 0.326 e. The lowest BCUT2D eigenvalue weighted by molar-refractivity contribution is -0.137. The molecule has 0 bridgehead atoms. The number of halogens is 1. The Balaban J connectivity index is 2.19. The van der Waals surface area contributed by atoms with Crippen molar-refractivity contribution in [3.8, 4) is 0 Å². The van der Waals surface area contributed by atoms with Gasteiger partial charge in [-0.2, -0.15) is 0 Å². The van der Waals surface area contributed by atoms with E-state index in [-0.39, 0.29) is 17.9 Å². The zero-order valence-corrected chi connectivity index (χ0v) is 11.6. The summed E-state index contributed by atoms with van der Waals surface area (Å²) in [4.78, 5) is 19.0. The number of aromatic nitrogens is 2. The molecule has 0 fully saturated rings. The molecule has 1 atom stereocenters. The summed E-state index contributed by atoms with van der Waals surface area (Å²) in [6, 6.07) is 8.20. The van der Waals surface area contributed by atoms with Crippen molar-refractivity contribution in [3.63, 3.8) is 0 Å². The zero-order chi connectivity index (χ0) is 15.2. The van der Waals surface area contributed by atoms with Crippen LogP contribution in [0.2, 0.25) is 0 Å². The standard InChI is InChI=1S/C15H16FN3O2/c1-2-11-13(16)14(18-9-17-11)19-12(15(20)21)8-10-6-4-3-5-7-10/h3-7,9,12H,2,8H2,1H3,(H,20,21)(H,17,18,19)/t12-/m0/s1. The minimum absolute atomic E-state index is 0.0785. The van der Waals surface area contributed by atoms with Crippen molar-refractivity contribution < 1.29 is 14.3 Å². The number of aliphatic carboxylic acids is 1. The van der Waals surface area contributed by atoms with Gasteiger partial charge < -0.3 is 10.4 Å². The average molecular weight is 289 g/mol. The number of carbonyl (C=O) groups is 1. The first-order chi connectivity index (χ1) is 10.1. The summed E-state index contributed by atoms with van der Waals surface area (Å²) in [5.41, 5.74) is 1.11. The number of carboxylic acids is 1. The first-order valence-corrected chi connectivity index (χ1v) is 6.64. The molecule has 5 nitrogen and oxygen atoms in total. The van der Waals surface area contributed by atoms with Gasteiger partial charge >= 0.3 is 5.97 Å². The van der Waals surface area contributed by atoms with E-state index in [1.807, 2.05) is 30.3 Å². The van der Waals surface area contributed by atoms with Gasteiger partial charge in [-0.3, -0.25) is 0 Å². The predicted molar refractivity (Wildman–Crippen MR) is 76.6 cm³/mol. The van der Waals surface area contributed by atoms with Crippen molar-refractivity contribution in [2.75, 3.05) is 5.32 Å². The molecule has 0 saturated carbocycles. The topological polar surface area (TPSA) is 75.1 Å². The lowest BCUT2D eigenvalue weighted by Gasteiger charge is -2.16. The van der Waals surface area contributed by atoms with Crippen LogP contribution in [0.25, 0.3) is 0 Å². The average Bonchev–Trinajstić information content (AvgIpc) is 2.49. The molecule has 0 amide bonds. The molecule has 2 rings (SSSR count). The van der Waals surface area contributed by atoms with Crippen molar-refractivity contribution in [1.82, 2.24) is 9.97 Å². The smallest absolute Gasteiger partial charge is 0.326 e. The van der Waals surface area contributed by atoms with Crippen molar-refractivity contribution in [3.05, 3.63) is 53.7 Å². The molecule has 21 heavy (non-hydrogen) atoms. The van der Waals surface area contributed by atoms with Crippen LogP contribution in [-0.2, 0) is 17.6 Å². The highest BCUT2D eigenvalue weighted by atomic mass is 19.1. The molecule has 2 N–H and O–H groups in total. The van der Waals surface area contributed by atoms with Crippen LogP contribution in [0.1, 0.15) is 18.2 Å². The van der Waals surface area contributed by atoms with E-state index in [1.54, 1.807) is 6.92 Å². The highest BCUT2D eigenvalue weighted by molar-refractivity contribution is 5.77. The lowest BCUT2D eigenvalue weighted by atomic mass is 10.1. The van der Waals surface area contributed by atoms with Crippen LogP contribution < -0.4 is 5.32 Å². The van der Waals surface area contributed by atoms with Crippen LogP contribution in [0.3, 0.4) is 0 Å². The van der Waals surface area contributed by atoms with Gasteiger partial charge in [-0.1, -0.05) is 37.3 Å². The third kappa shape index (κ3) is 3.75. The molecule has 0 saturated heterocycles. The van der Waals surface area contributed by atoms with Crippen LogP contribution in [0.15, 0.2) is 36.7 Å². The molecule has 1 heterocycles. The van der Waals surface area contributed by atoms with Crippen molar-refractivity contribution >= 4 is 11.8 Å². The second-order valence-electron chi connectivity index (χ2n) is 4.56. The molecule has 0 spiro atoms. The fourth-order valence-corrected chi connectivity index (χ4v) is 1.97. The third-order valence-corrected chi connectivity index (χ3v) is 3.09. The molecule has 1 aromatic carbocycles.